The van der Waals surface area contributed by atoms with Crippen molar-refractivity contribution in [2.75, 3.05) is 6.54 Å². The van der Waals surface area contributed by atoms with E-state index in [1.54, 1.807) is 20.8 Å². The maximum atomic E-state index is 13.0. The summed E-state index contributed by atoms with van der Waals surface area (Å²) in [4.78, 5) is 48.7. The van der Waals surface area contributed by atoms with Crippen molar-refractivity contribution in [1.29, 1.82) is 0 Å². The van der Waals surface area contributed by atoms with E-state index in [0.29, 0.717) is 12.0 Å². The largest absolute Gasteiger partial charge is 2.00 e. The van der Waals surface area contributed by atoms with Crippen LogP contribution in [0, 0.1) is 79.7 Å². The van der Waals surface area contributed by atoms with E-state index in [1.807, 2.05) is 71.6 Å². The number of carbonyl (C=O) groups is 3. The Morgan fingerprint density at radius 2 is 1.49 bits per heavy atom. The zero-order chi connectivity index (χ0) is 32.7. The van der Waals surface area contributed by atoms with Crippen molar-refractivity contribution >= 4 is 23.6 Å². The average Bonchev–Trinajstić information content (AvgIpc) is 3.67. The first-order valence-electron chi connectivity index (χ1n) is 14.6. The van der Waals surface area contributed by atoms with Crippen LogP contribution in [0.3, 0.4) is 0 Å². The van der Waals surface area contributed by atoms with Crippen LogP contribution >= 0.6 is 0 Å². The summed E-state index contributed by atoms with van der Waals surface area (Å²) in [7, 11) is 0. The third kappa shape index (κ3) is 17.0. The van der Waals surface area contributed by atoms with E-state index in [-0.39, 0.29) is 48.1 Å². The number of alkyl carbamates (subject to hydrolysis) is 1. The topological polar surface area (TPSA) is 160 Å². The van der Waals surface area contributed by atoms with Crippen LogP contribution in [0.15, 0.2) is 24.3 Å². The molecule has 3 rings (SSSR count). The number of aliphatic hydroxyl groups is 1. The van der Waals surface area contributed by atoms with E-state index >= 15 is 0 Å². The van der Waals surface area contributed by atoms with Crippen molar-refractivity contribution in [3.8, 4) is 0 Å². The molecule has 1 aromatic carbocycles. The molecular formula is C33H44FeN4O7+2. The molecule has 0 heterocycles. The molecule has 10 radical (unpaired) electrons. The van der Waals surface area contributed by atoms with Gasteiger partial charge in [-0.2, -0.15) is 0 Å². The van der Waals surface area contributed by atoms with Gasteiger partial charge in [-0.25, -0.2) is 4.79 Å². The van der Waals surface area contributed by atoms with Crippen LogP contribution in [0.2, 0.25) is 0 Å². The Hall–Kier alpha value is -2.69. The summed E-state index contributed by atoms with van der Waals surface area (Å²) in [5.74, 6) is -0.0240. The fourth-order valence-corrected chi connectivity index (χ4v) is 4.23. The number of nitro benzene ring substituents is 1. The molecule has 4 N–H and O–H groups in total. The van der Waals surface area contributed by atoms with Gasteiger partial charge in [0.05, 0.1) is 23.5 Å². The Bertz CT molecular complexity index is 1040. The second-order valence-electron chi connectivity index (χ2n) is 11.9. The number of ether oxygens (including phenoxy) is 1. The first-order valence-corrected chi connectivity index (χ1v) is 14.6. The number of nitro groups is 1. The number of amides is 3. The van der Waals surface area contributed by atoms with E-state index in [4.69, 9.17) is 4.74 Å². The zero-order valence-corrected chi connectivity index (χ0v) is 27.4. The molecule has 2 fully saturated rings. The number of nitrogens with zero attached hydrogens (tertiary/aromatic N) is 1. The van der Waals surface area contributed by atoms with E-state index in [0.717, 1.165) is 5.92 Å². The van der Waals surface area contributed by atoms with Crippen LogP contribution in [-0.2, 0) is 37.8 Å². The Morgan fingerprint density at radius 3 is 1.98 bits per heavy atom. The van der Waals surface area contributed by atoms with E-state index in [2.05, 4.69) is 16.0 Å². The molecule has 45 heavy (non-hydrogen) atoms. The van der Waals surface area contributed by atoms with Gasteiger partial charge < -0.3 is 25.8 Å². The number of benzene rings is 1. The van der Waals surface area contributed by atoms with Gasteiger partial charge in [0.2, 0.25) is 11.8 Å². The van der Waals surface area contributed by atoms with Crippen LogP contribution in [-0.4, -0.2) is 58.3 Å². The summed E-state index contributed by atoms with van der Waals surface area (Å²) in [6.07, 6.45) is 15.6. The van der Waals surface area contributed by atoms with Crippen LogP contribution in [0.5, 0.6) is 0 Å². The summed E-state index contributed by atoms with van der Waals surface area (Å²) < 4.78 is 5.29. The first-order chi connectivity index (χ1) is 20.7. The number of nitrogens with one attached hydrogen (secondary N) is 3. The van der Waals surface area contributed by atoms with E-state index in [9.17, 15) is 29.6 Å². The van der Waals surface area contributed by atoms with Gasteiger partial charge in [-0.05, 0) is 96.5 Å². The quantitative estimate of drug-likeness (QED) is 0.142. The minimum atomic E-state index is -1.23. The molecule has 2 aliphatic rings. The second-order valence-corrected chi connectivity index (χ2v) is 11.9. The fourth-order valence-electron chi connectivity index (χ4n) is 4.23. The SMILES string of the molecule is CC(C)C[C@H](NC(=O)OC(C)(C)C)[C@@H](O)CC(=O)N[C@@H](Cc1ccc([N+](=O)[O-])cc1)C(=O)NC[C]1[CH][CH][CH][CH]1.[CH]1[CH][CH][CH][CH]1.[Fe+2]. The van der Waals surface area contributed by atoms with Crippen molar-refractivity contribution in [3.63, 3.8) is 0 Å². The Balaban J connectivity index is 0.00000153. The monoisotopic (exact) mass is 664 g/mol. The Kier molecular flexibility index (Phi) is 18.3. The number of carbonyl (C=O) groups excluding carboxylic acids is 3. The third-order valence-corrected chi connectivity index (χ3v) is 6.28. The minimum Gasteiger partial charge on any atom is -0.444 e. The van der Waals surface area contributed by atoms with Gasteiger partial charge in [0, 0.05) is 31.0 Å². The van der Waals surface area contributed by atoms with Crippen LogP contribution in [0.25, 0.3) is 0 Å². The van der Waals surface area contributed by atoms with Gasteiger partial charge in [-0.15, -0.1) is 0 Å². The van der Waals surface area contributed by atoms with Gasteiger partial charge in [-0.1, -0.05) is 26.0 Å². The summed E-state index contributed by atoms with van der Waals surface area (Å²) in [5, 5.41) is 29.9. The van der Waals surface area contributed by atoms with Crippen molar-refractivity contribution < 1.29 is 46.2 Å². The van der Waals surface area contributed by atoms with Crippen molar-refractivity contribution in [3.05, 3.63) is 104 Å². The summed E-state index contributed by atoms with van der Waals surface area (Å²) in [6.45, 7) is 9.28. The van der Waals surface area contributed by atoms with E-state index in [1.165, 1.54) is 24.3 Å². The average molecular weight is 665 g/mol. The number of rotatable bonds is 13. The van der Waals surface area contributed by atoms with Crippen LogP contribution in [0.4, 0.5) is 10.5 Å². The normalized spacial score (nSPS) is 16.8. The summed E-state index contributed by atoms with van der Waals surface area (Å²) in [6, 6.07) is 3.98. The van der Waals surface area contributed by atoms with Gasteiger partial charge in [0.25, 0.3) is 5.69 Å². The number of aliphatic hydroxyl groups excluding tert-OH is 1. The molecule has 0 aliphatic heterocycles. The van der Waals surface area contributed by atoms with Crippen LogP contribution < -0.4 is 16.0 Å². The number of hydrogen-bond donors (Lipinski definition) is 4. The van der Waals surface area contributed by atoms with Gasteiger partial charge in [-0.3, -0.25) is 19.7 Å². The number of non-ortho nitro benzene ring substituents is 1. The Morgan fingerprint density at radius 1 is 0.933 bits per heavy atom. The number of hydrogen-bond acceptors (Lipinski definition) is 7. The van der Waals surface area contributed by atoms with Crippen molar-refractivity contribution in [2.24, 2.45) is 5.92 Å². The molecule has 11 nitrogen and oxygen atoms in total. The molecule has 12 heteroatoms. The van der Waals surface area contributed by atoms with Crippen LogP contribution in [0.1, 0.15) is 53.0 Å². The molecule has 3 amide bonds. The molecule has 0 unspecified atom stereocenters. The van der Waals surface area contributed by atoms with Gasteiger partial charge >= 0.3 is 23.2 Å². The molecule has 2 saturated carbocycles. The molecule has 0 bridgehead atoms. The minimum absolute atomic E-state index is 0. The molecule has 1 aromatic rings. The summed E-state index contributed by atoms with van der Waals surface area (Å²) in [5.41, 5.74) is -0.203. The molecule has 0 saturated heterocycles. The molecule has 0 aromatic heterocycles. The van der Waals surface area contributed by atoms with Gasteiger partial charge in [0.1, 0.15) is 11.6 Å². The van der Waals surface area contributed by atoms with E-state index < -0.39 is 46.6 Å². The van der Waals surface area contributed by atoms with Gasteiger partial charge in [0.15, 0.2) is 0 Å². The predicted molar refractivity (Wildman–Crippen MR) is 167 cm³/mol. The maximum Gasteiger partial charge on any atom is 2.00 e. The van der Waals surface area contributed by atoms with Crippen molar-refractivity contribution in [2.45, 2.75) is 77.7 Å². The molecule has 244 valence electrons. The predicted octanol–water partition coefficient (Wildman–Crippen LogP) is 3.85. The second kappa shape index (κ2) is 20.4. The van der Waals surface area contributed by atoms with Crippen molar-refractivity contribution in [1.82, 2.24) is 16.0 Å². The Labute approximate surface area is 279 Å². The molecular weight excluding hydrogens is 620 g/mol. The third-order valence-electron chi connectivity index (χ3n) is 6.28. The smallest absolute Gasteiger partial charge is 0.444 e. The first kappa shape index (κ1) is 40.3. The molecule has 2 aliphatic carbocycles. The molecule has 0 spiro atoms. The standard InChI is InChI=1S/C28H39N4O7.C5H5.Fe/c1-18(2)14-22(31-27(36)39-28(3,4)5)24(33)16-25(34)30-23(26(35)29-17-20-8-6-7-9-20)15-19-10-12-21(13-11-19)32(37)38;1-2-4-5-3-1;/h6-13,18,22-24,33H,14-17H2,1-5H3,(H,29,35)(H,30,34)(H,31,36);1-5H;/q;;+2/t22-,23-,24-;;/m0../s1. The summed E-state index contributed by atoms with van der Waals surface area (Å²) >= 11 is 0. The molecule has 3 atom stereocenters. The zero-order valence-electron chi connectivity index (χ0n) is 26.3. The maximum absolute atomic E-state index is 13.0. The fraction of sp³-hybridized carbons (Fsp3) is 0.424.